The number of aromatic nitrogens is 2. The van der Waals surface area contributed by atoms with E-state index in [1.807, 2.05) is 0 Å². The molecular formula is C26H36N4O4. The minimum atomic E-state index is -0.487. The minimum absolute atomic E-state index is 0.103. The van der Waals surface area contributed by atoms with Crippen LogP contribution in [0.3, 0.4) is 0 Å². The Morgan fingerprint density at radius 2 is 1.88 bits per heavy atom. The second kappa shape index (κ2) is 7.87. The van der Waals surface area contributed by atoms with Crippen molar-refractivity contribution in [3.05, 3.63) is 17.5 Å². The van der Waals surface area contributed by atoms with Crippen LogP contribution in [0.4, 0.5) is 5.95 Å². The van der Waals surface area contributed by atoms with Crippen molar-refractivity contribution in [2.45, 2.75) is 87.5 Å². The summed E-state index contributed by atoms with van der Waals surface area (Å²) in [5.41, 5.74) is 6.49. The molecule has 0 aromatic carbocycles. The molecule has 8 rings (SSSR count). The molecule has 2 aliphatic heterocycles. The number of anilines is 1. The molecule has 2 saturated heterocycles. The third-order valence-electron chi connectivity index (χ3n) is 9.67. The summed E-state index contributed by atoms with van der Waals surface area (Å²) < 4.78 is 12.1. The first kappa shape index (κ1) is 21.5. The number of carbonyl (C=O) groups excluding carboxylic acids is 1. The van der Waals surface area contributed by atoms with Crippen LogP contribution in [0.5, 0.6) is 0 Å². The number of rotatable bonds is 6. The van der Waals surface area contributed by atoms with Gasteiger partial charge in [-0.2, -0.15) is 0 Å². The Balaban J connectivity index is 1.30. The van der Waals surface area contributed by atoms with Gasteiger partial charge in [0.25, 0.3) is 5.91 Å². The van der Waals surface area contributed by atoms with E-state index in [0.717, 1.165) is 76.4 Å². The highest BCUT2D eigenvalue weighted by atomic mass is 16.5. The molecule has 3 heterocycles. The zero-order chi connectivity index (χ0) is 23.0. The molecule has 5 aliphatic carbocycles. The zero-order valence-electron chi connectivity index (χ0n) is 19.8. The van der Waals surface area contributed by atoms with Gasteiger partial charge < -0.3 is 25.2 Å². The third kappa shape index (κ3) is 3.47. The second-order valence-electron chi connectivity index (χ2n) is 12.0. The first-order valence-corrected chi connectivity index (χ1v) is 13.4. The zero-order valence-corrected chi connectivity index (χ0v) is 19.8. The standard InChI is InChI=1S/C26H36N4O4/c27-24(31)19-12-28-25(29-21(19)15-1-2-15)30(20-4-6-34-23(20)16-3-5-33-13-16)22-17-7-14-8-18(22)11-26(32,9-14)10-17/h12,14-18,20,22-23,32H,1-11,13H2,(H2,27,31)/t14?,16-,17?,18?,20-,22?,23-,26?/m1/s1. The average molecular weight is 469 g/mol. The molecule has 7 aliphatic rings. The monoisotopic (exact) mass is 468 g/mol. The number of hydrogen-bond acceptors (Lipinski definition) is 7. The van der Waals surface area contributed by atoms with Crippen LogP contribution >= 0.6 is 0 Å². The van der Waals surface area contributed by atoms with Gasteiger partial charge >= 0.3 is 0 Å². The quantitative estimate of drug-likeness (QED) is 0.659. The summed E-state index contributed by atoms with van der Waals surface area (Å²) in [6, 6.07) is 0.496. The third-order valence-corrected chi connectivity index (χ3v) is 9.67. The molecule has 5 saturated carbocycles. The van der Waals surface area contributed by atoms with E-state index < -0.39 is 11.5 Å². The maximum Gasteiger partial charge on any atom is 0.252 e. The van der Waals surface area contributed by atoms with E-state index in [-0.39, 0.29) is 12.1 Å². The summed E-state index contributed by atoms with van der Waals surface area (Å²) in [7, 11) is 0. The highest BCUT2D eigenvalue weighted by Crippen LogP contribution is 2.58. The van der Waals surface area contributed by atoms with Gasteiger partial charge in [-0.3, -0.25) is 4.79 Å². The van der Waals surface area contributed by atoms with Gasteiger partial charge in [-0.15, -0.1) is 0 Å². The van der Waals surface area contributed by atoms with Crippen molar-refractivity contribution in [2.75, 3.05) is 24.7 Å². The lowest BCUT2D eigenvalue weighted by molar-refractivity contribution is -0.135. The summed E-state index contributed by atoms with van der Waals surface area (Å²) in [6.45, 7) is 2.30. The van der Waals surface area contributed by atoms with Gasteiger partial charge in [-0.05, 0) is 75.5 Å². The smallest absolute Gasteiger partial charge is 0.252 e. The normalized spacial score (nSPS) is 42.9. The van der Waals surface area contributed by atoms with Gasteiger partial charge in [-0.1, -0.05) is 0 Å². The van der Waals surface area contributed by atoms with Crippen LogP contribution in [0, 0.1) is 23.7 Å². The van der Waals surface area contributed by atoms with E-state index in [2.05, 4.69) is 4.90 Å². The summed E-state index contributed by atoms with van der Waals surface area (Å²) in [5, 5.41) is 11.2. The van der Waals surface area contributed by atoms with Crippen LogP contribution in [0.1, 0.15) is 79.8 Å². The van der Waals surface area contributed by atoms with Crippen molar-refractivity contribution >= 4 is 11.9 Å². The number of primary amides is 1. The number of nitrogens with two attached hydrogens (primary N) is 1. The Morgan fingerprint density at radius 1 is 1.09 bits per heavy atom. The van der Waals surface area contributed by atoms with Gasteiger partial charge in [-0.25, -0.2) is 9.97 Å². The van der Waals surface area contributed by atoms with E-state index in [0.29, 0.717) is 41.2 Å². The molecule has 3 N–H and O–H groups in total. The van der Waals surface area contributed by atoms with E-state index in [9.17, 15) is 9.90 Å². The fourth-order valence-electron chi connectivity index (χ4n) is 8.44. The highest BCUT2D eigenvalue weighted by molar-refractivity contribution is 5.94. The van der Waals surface area contributed by atoms with Gasteiger partial charge in [0.1, 0.15) is 0 Å². The van der Waals surface area contributed by atoms with Crippen LogP contribution in [0.2, 0.25) is 0 Å². The van der Waals surface area contributed by atoms with Crippen LogP contribution in [0.15, 0.2) is 6.20 Å². The van der Waals surface area contributed by atoms with Crippen LogP contribution in [-0.4, -0.2) is 64.6 Å². The number of amides is 1. The van der Waals surface area contributed by atoms with Gasteiger partial charge in [0.2, 0.25) is 5.95 Å². The van der Waals surface area contributed by atoms with Crippen LogP contribution < -0.4 is 10.6 Å². The summed E-state index contributed by atoms with van der Waals surface area (Å²) in [4.78, 5) is 24.5. The largest absolute Gasteiger partial charge is 0.390 e. The fraction of sp³-hybridized carbons (Fsp3) is 0.808. The molecule has 5 atom stereocenters. The molecule has 8 heteroatoms. The molecule has 8 nitrogen and oxygen atoms in total. The molecule has 34 heavy (non-hydrogen) atoms. The second-order valence-corrected chi connectivity index (χ2v) is 12.0. The van der Waals surface area contributed by atoms with Crippen molar-refractivity contribution in [1.29, 1.82) is 0 Å². The molecule has 1 aromatic rings. The molecule has 2 unspecified atom stereocenters. The van der Waals surface area contributed by atoms with Crippen molar-refractivity contribution in [1.82, 2.24) is 9.97 Å². The first-order valence-electron chi connectivity index (χ1n) is 13.4. The average Bonchev–Trinajstić information content (AvgIpc) is 3.28. The highest BCUT2D eigenvalue weighted by Gasteiger charge is 2.58. The number of ether oxygens (including phenoxy) is 2. The molecule has 0 radical (unpaired) electrons. The number of nitrogens with zero attached hydrogens (tertiary/aromatic N) is 3. The number of carbonyl (C=O) groups is 1. The molecular weight excluding hydrogens is 432 g/mol. The summed E-state index contributed by atoms with van der Waals surface area (Å²) in [6.07, 6.45) is 10.9. The van der Waals surface area contributed by atoms with Crippen molar-refractivity contribution < 1.29 is 19.4 Å². The van der Waals surface area contributed by atoms with Crippen molar-refractivity contribution in [3.63, 3.8) is 0 Å². The summed E-state index contributed by atoms with van der Waals surface area (Å²) in [5.74, 6) is 2.52. The Morgan fingerprint density at radius 3 is 2.53 bits per heavy atom. The molecule has 4 bridgehead atoms. The van der Waals surface area contributed by atoms with E-state index in [1.54, 1.807) is 6.20 Å². The van der Waals surface area contributed by atoms with Gasteiger partial charge in [0.05, 0.1) is 35.6 Å². The molecule has 1 amide bonds. The van der Waals surface area contributed by atoms with Crippen LogP contribution in [-0.2, 0) is 9.47 Å². The Hall–Kier alpha value is -1.77. The topological polar surface area (TPSA) is 111 Å². The lowest BCUT2D eigenvalue weighted by Crippen LogP contribution is -2.65. The molecule has 184 valence electrons. The Bertz CT molecular complexity index is 962. The Kier molecular flexibility index (Phi) is 4.98. The maximum atomic E-state index is 12.1. The van der Waals surface area contributed by atoms with E-state index in [1.165, 1.54) is 12.8 Å². The lowest BCUT2D eigenvalue weighted by atomic mass is 9.52. The minimum Gasteiger partial charge on any atom is -0.390 e. The Labute approximate surface area is 200 Å². The first-order chi connectivity index (χ1) is 16.5. The van der Waals surface area contributed by atoms with Gasteiger partial charge in [0, 0.05) is 37.3 Å². The maximum absolute atomic E-state index is 12.1. The molecule has 7 fully saturated rings. The van der Waals surface area contributed by atoms with Crippen molar-refractivity contribution in [2.24, 2.45) is 29.4 Å². The number of hydrogen-bond donors (Lipinski definition) is 2. The van der Waals surface area contributed by atoms with Gasteiger partial charge in [0.15, 0.2) is 0 Å². The van der Waals surface area contributed by atoms with E-state index in [4.69, 9.17) is 25.2 Å². The van der Waals surface area contributed by atoms with Crippen LogP contribution in [0.25, 0.3) is 0 Å². The predicted molar refractivity (Wildman–Crippen MR) is 124 cm³/mol. The lowest BCUT2D eigenvalue weighted by Gasteiger charge is -2.61. The molecule has 0 spiro atoms. The SMILES string of the molecule is NC(=O)c1cnc(N(C2C3CC4CC2CC(O)(C4)C3)[C@@H]2CCO[C@@H]2[C@@H]2CCOC2)nc1C1CC1. The summed E-state index contributed by atoms with van der Waals surface area (Å²) >= 11 is 0. The number of aliphatic hydroxyl groups is 1. The van der Waals surface area contributed by atoms with E-state index >= 15 is 0 Å². The fourth-order valence-corrected chi connectivity index (χ4v) is 8.44. The predicted octanol–water partition coefficient (Wildman–Crippen LogP) is 2.39. The van der Waals surface area contributed by atoms with Crippen molar-refractivity contribution in [3.8, 4) is 0 Å². The molecule has 1 aromatic heterocycles.